The molecule has 29 heavy (non-hydrogen) atoms. The molecule has 2 fully saturated rings. The number of piperazine rings is 1. The second-order valence-corrected chi connectivity index (χ2v) is 8.67. The Hall–Kier alpha value is -1.29. The van der Waals surface area contributed by atoms with Crippen LogP contribution in [0.3, 0.4) is 0 Å². The Balaban J connectivity index is 0.00000120. The fraction of sp³-hybridized carbons (Fsp3) is 0.500. The lowest BCUT2D eigenvalue weighted by atomic mass is 9.68. The number of nitrogens with zero attached hydrogens (tertiary/aromatic N) is 2. The molecule has 158 valence electrons. The predicted octanol–water partition coefficient (Wildman–Crippen LogP) is 5.62. The summed E-state index contributed by atoms with van der Waals surface area (Å²) in [6.07, 6.45) is 8.02. The van der Waals surface area contributed by atoms with Crippen molar-refractivity contribution in [3.8, 4) is 0 Å². The molecule has 1 saturated carbocycles. The van der Waals surface area contributed by atoms with E-state index >= 15 is 0 Å². The Labute approximate surface area is 186 Å². The molecule has 0 amide bonds. The Morgan fingerprint density at radius 1 is 0.793 bits per heavy atom. The summed E-state index contributed by atoms with van der Waals surface area (Å²) < 4.78 is 13.2. The van der Waals surface area contributed by atoms with Gasteiger partial charge in [0.1, 0.15) is 5.82 Å². The van der Waals surface area contributed by atoms with Crippen molar-refractivity contribution in [2.24, 2.45) is 0 Å². The summed E-state index contributed by atoms with van der Waals surface area (Å²) in [4.78, 5) is 5.11. The second kappa shape index (κ2) is 9.24. The van der Waals surface area contributed by atoms with Gasteiger partial charge in [0.2, 0.25) is 0 Å². The zero-order valence-electron chi connectivity index (χ0n) is 16.9. The third kappa shape index (κ3) is 4.28. The van der Waals surface area contributed by atoms with Gasteiger partial charge in [0, 0.05) is 37.9 Å². The minimum atomic E-state index is -0.151. The van der Waals surface area contributed by atoms with Gasteiger partial charge in [0.05, 0.1) is 0 Å². The Bertz CT molecular complexity index is 795. The van der Waals surface area contributed by atoms with Gasteiger partial charge in [0.15, 0.2) is 0 Å². The van der Waals surface area contributed by atoms with E-state index in [1.165, 1.54) is 38.5 Å². The lowest BCUT2D eigenvalue weighted by molar-refractivity contribution is 0.117. The Kier molecular flexibility index (Phi) is 7.14. The number of hydrogen-bond acceptors (Lipinski definition) is 2. The van der Waals surface area contributed by atoms with E-state index in [1.54, 1.807) is 23.3 Å². The zero-order valence-corrected chi connectivity index (χ0v) is 18.5. The Morgan fingerprint density at radius 3 is 2.14 bits per heavy atom. The van der Waals surface area contributed by atoms with Gasteiger partial charge in [-0.2, -0.15) is 0 Å². The van der Waals surface area contributed by atoms with Crippen LogP contribution in [0, 0.1) is 5.82 Å². The predicted molar refractivity (Wildman–Crippen MR) is 123 cm³/mol. The fourth-order valence-corrected chi connectivity index (χ4v) is 5.80. The van der Waals surface area contributed by atoms with Crippen LogP contribution in [0.2, 0.25) is 0 Å². The van der Waals surface area contributed by atoms with Crippen LogP contribution in [-0.2, 0) is 11.8 Å². The highest BCUT2D eigenvalue weighted by atomic mass is 35.5. The van der Waals surface area contributed by atoms with E-state index in [-0.39, 0.29) is 30.6 Å². The van der Waals surface area contributed by atoms with E-state index in [2.05, 4.69) is 34.1 Å². The number of hydrogen-bond donors (Lipinski definition) is 0. The van der Waals surface area contributed by atoms with Crippen LogP contribution in [0.5, 0.6) is 0 Å². The van der Waals surface area contributed by atoms with Gasteiger partial charge in [0.25, 0.3) is 0 Å². The van der Waals surface area contributed by atoms with Crippen LogP contribution in [0.4, 0.5) is 10.1 Å². The van der Waals surface area contributed by atoms with Crippen molar-refractivity contribution >= 4 is 30.5 Å². The van der Waals surface area contributed by atoms with Gasteiger partial charge >= 0.3 is 0 Å². The molecule has 0 radical (unpaired) electrons. The molecule has 0 atom stereocenters. The molecule has 5 rings (SSSR count). The Morgan fingerprint density at radius 2 is 1.45 bits per heavy atom. The molecule has 0 bridgehead atoms. The number of aryl methyl sites for hydroxylation is 1. The maximum atomic E-state index is 13.2. The molecule has 0 unspecified atom stereocenters. The molecule has 1 heterocycles. The van der Waals surface area contributed by atoms with E-state index in [9.17, 15) is 4.39 Å². The number of rotatable bonds is 2. The molecule has 0 N–H and O–H groups in total. The molecule has 0 aromatic heterocycles. The first-order valence-corrected chi connectivity index (χ1v) is 10.6. The van der Waals surface area contributed by atoms with E-state index < -0.39 is 0 Å². The quantitative estimate of drug-likeness (QED) is 0.602. The van der Waals surface area contributed by atoms with Crippen LogP contribution in [0.15, 0.2) is 48.5 Å². The third-order valence-electron chi connectivity index (χ3n) is 7.40. The summed E-state index contributed by atoms with van der Waals surface area (Å²) >= 11 is 0. The standard InChI is InChI=1S/C24H29FN2.2ClH/c25-20-5-7-21(8-6-20)26-15-17-27(18-16-26)22-10-13-24(14-11-22)12-9-19-3-1-2-4-23(19)24;;/h1-8,22H,9-18H2;2*1H/t22-,24-;;. The molecule has 2 aromatic carbocycles. The van der Waals surface area contributed by atoms with Crippen LogP contribution in [0.1, 0.15) is 43.2 Å². The van der Waals surface area contributed by atoms with Crippen molar-refractivity contribution in [3.63, 3.8) is 0 Å². The summed E-state index contributed by atoms with van der Waals surface area (Å²) in [5.74, 6) is -0.151. The summed E-state index contributed by atoms with van der Waals surface area (Å²) in [5.41, 5.74) is 4.89. The first-order valence-electron chi connectivity index (χ1n) is 10.6. The number of fused-ring (bicyclic) bond motifs is 2. The lowest BCUT2D eigenvalue weighted by Crippen LogP contribution is -2.52. The molecular weight excluding hydrogens is 406 g/mol. The highest BCUT2D eigenvalue weighted by Crippen LogP contribution is 2.49. The molecular formula is C24H31Cl2FN2. The fourth-order valence-electron chi connectivity index (χ4n) is 5.80. The van der Waals surface area contributed by atoms with Crippen LogP contribution >= 0.6 is 24.8 Å². The highest BCUT2D eigenvalue weighted by Gasteiger charge is 2.42. The maximum Gasteiger partial charge on any atom is 0.123 e. The first kappa shape index (κ1) is 22.4. The molecule has 1 saturated heterocycles. The summed E-state index contributed by atoms with van der Waals surface area (Å²) in [6, 6.07) is 16.9. The van der Waals surface area contributed by atoms with E-state index in [0.29, 0.717) is 5.41 Å². The number of anilines is 1. The monoisotopic (exact) mass is 436 g/mol. The van der Waals surface area contributed by atoms with Gasteiger partial charge in [-0.1, -0.05) is 24.3 Å². The van der Waals surface area contributed by atoms with E-state index in [1.807, 2.05) is 12.1 Å². The smallest absolute Gasteiger partial charge is 0.123 e. The number of benzene rings is 2. The van der Waals surface area contributed by atoms with Crippen molar-refractivity contribution in [2.45, 2.75) is 50.0 Å². The van der Waals surface area contributed by atoms with Crippen molar-refractivity contribution < 1.29 is 4.39 Å². The van der Waals surface area contributed by atoms with Crippen molar-refractivity contribution in [3.05, 3.63) is 65.5 Å². The molecule has 1 aliphatic heterocycles. The first-order chi connectivity index (χ1) is 13.2. The van der Waals surface area contributed by atoms with Crippen molar-refractivity contribution in [1.82, 2.24) is 4.90 Å². The molecule has 3 aliphatic rings. The lowest BCUT2D eigenvalue weighted by Gasteiger charge is -2.45. The molecule has 2 aromatic rings. The molecule has 5 heteroatoms. The highest BCUT2D eigenvalue weighted by molar-refractivity contribution is 5.85. The average Bonchev–Trinajstić information content (AvgIpc) is 3.08. The van der Waals surface area contributed by atoms with Crippen molar-refractivity contribution in [2.75, 3.05) is 31.1 Å². The van der Waals surface area contributed by atoms with E-state index in [0.717, 1.165) is 37.9 Å². The normalized spacial score (nSPS) is 26.5. The SMILES string of the molecule is Cl.Cl.Fc1ccc(N2CCN([C@H]3CC[C@@]4(CCc5ccccc54)CC3)CC2)cc1. The molecule has 2 nitrogen and oxygen atoms in total. The van der Waals surface area contributed by atoms with Gasteiger partial charge in [-0.25, -0.2) is 4.39 Å². The summed E-state index contributed by atoms with van der Waals surface area (Å²) in [5, 5.41) is 0. The second-order valence-electron chi connectivity index (χ2n) is 8.67. The van der Waals surface area contributed by atoms with Crippen LogP contribution < -0.4 is 4.90 Å². The minimum absolute atomic E-state index is 0. The third-order valence-corrected chi connectivity index (χ3v) is 7.40. The molecule has 2 aliphatic carbocycles. The maximum absolute atomic E-state index is 13.2. The van der Waals surface area contributed by atoms with Gasteiger partial charge in [-0.05, 0) is 79.3 Å². The minimum Gasteiger partial charge on any atom is -0.369 e. The van der Waals surface area contributed by atoms with Crippen LogP contribution in [0.25, 0.3) is 0 Å². The van der Waals surface area contributed by atoms with Crippen LogP contribution in [-0.4, -0.2) is 37.1 Å². The van der Waals surface area contributed by atoms with E-state index in [4.69, 9.17) is 0 Å². The largest absolute Gasteiger partial charge is 0.369 e. The summed E-state index contributed by atoms with van der Waals surface area (Å²) in [7, 11) is 0. The van der Waals surface area contributed by atoms with Crippen molar-refractivity contribution in [1.29, 1.82) is 0 Å². The number of halogens is 3. The topological polar surface area (TPSA) is 6.48 Å². The zero-order chi connectivity index (χ0) is 18.3. The van der Waals surface area contributed by atoms with Gasteiger partial charge < -0.3 is 4.90 Å². The summed E-state index contributed by atoms with van der Waals surface area (Å²) in [6.45, 7) is 4.36. The van der Waals surface area contributed by atoms with Gasteiger partial charge in [-0.3, -0.25) is 4.90 Å². The van der Waals surface area contributed by atoms with Gasteiger partial charge in [-0.15, -0.1) is 24.8 Å². The average molecular weight is 437 g/mol. The molecule has 1 spiro atoms.